The van der Waals surface area contributed by atoms with Crippen LogP contribution in [0.3, 0.4) is 0 Å². The van der Waals surface area contributed by atoms with E-state index in [1.165, 1.54) is 0 Å². The van der Waals surface area contributed by atoms with Gasteiger partial charge in [-0.15, -0.1) is 0 Å². The third-order valence-electron chi connectivity index (χ3n) is 3.72. The lowest BCUT2D eigenvalue weighted by Gasteiger charge is -2.36. The Morgan fingerprint density at radius 2 is 2.17 bits per heavy atom. The number of hydrogen-bond donors (Lipinski definition) is 2. The van der Waals surface area contributed by atoms with Crippen LogP contribution in [0.25, 0.3) is 0 Å². The molecule has 106 valence electrons. The summed E-state index contributed by atoms with van der Waals surface area (Å²) in [4.78, 5) is 11.4. The summed E-state index contributed by atoms with van der Waals surface area (Å²) in [7, 11) is 0. The van der Waals surface area contributed by atoms with Gasteiger partial charge in [0.15, 0.2) is 0 Å². The highest BCUT2D eigenvalue weighted by Gasteiger charge is 2.35. The number of nitrogens with one attached hydrogen (secondary N) is 1. The van der Waals surface area contributed by atoms with Crippen LogP contribution in [0.15, 0.2) is 0 Å². The first-order valence-corrected chi connectivity index (χ1v) is 7.14. The van der Waals surface area contributed by atoms with Crippen LogP contribution in [0.2, 0.25) is 0 Å². The van der Waals surface area contributed by atoms with Crippen molar-refractivity contribution in [2.75, 3.05) is 6.61 Å². The lowest BCUT2D eigenvalue weighted by atomic mass is 9.92. The predicted octanol–water partition coefficient (Wildman–Crippen LogP) is 2.57. The van der Waals surface area contributed by atoms with Crippen molar-refractivity contribution in [1.82, 2.24) is 5.32 Å². The molecule has 0 bridgehead atoms. The number of carboxylic acid groups (broad SMARTS) is 1. The molecule has 0 amide bonds. The Kier molecular flexibility index (Phi) is 6.09. The molecule has 0 radical (unpaired) electrons. The van der Waals surface area contributed by atoms with Gasteiger partial charge in [-0.2, -0.15) is 0 Å². The molecule has 1 rings (SSSR count). The quantitative estimate of drug-likeness (QED) is 0.736. The second-order valence-corrected chi connectivity index (χ2v) is 5.53. The van der Waals surface area contributed by atoms with Crippen LogP contribution in [0.4, 0.5) is 0 Å². The van der Waals surface area contributed by atoms with Gasteiger partial charge in [0.1, 0.15) is 5.54 Å². The summed E-state index contributed by atoms with van der Waals surface area (Å²) in [6.45, 7) is 6.71. The average Bonchev–Trinajstić information content (AvgIpc) is 2.30. The van der Waals surface area contributed by atoms with Gasteiger partial charge in [0, 0.05) is 12.6 Å². The monoisotopic (exact) mass is 257 g/mol. The predicted molar refractivity (Wildman–Crippen MR) is 71.8 cm³/mol. The Morgan fingerprint density at radius 1 is 1.44 bits per heavy atom. The van der Waals surface area contributed by atoms with E-state index < -0.39 is 11.5 Å². The van der Waals surface area contributed by atoms with Crippen LogP contribution in [0.5, 0.6) is 0 Å². The zero-order chi connectivity index (χ0) is 13.6. The highest BCUT2D eigenvalue weighted by Crippen LogP contribution is 2.22. The SMILES string of the molecule is CCCC1CC(NC(C)(CCC)C(=O)O)CCO1. The fraction of sp³-hybridized carbons (Fsp3) is 0.929. The van der Waals surface area contributed by atoms with Crippen molar-refractivity contribution >= 4 is 5.97 Å². The molecule has 1 saturated heterocycles. The Labute approximate surface area is 110 Å². The molecule has 4 heteroatoms. The minimum Gasteiger partial charge on any atom is -0.480 e. The van der Waals surface area contributed by atoms with E-state index in [0.29, 0.717) is 12.5 Å². The van der Waals surface area contributed by atoms with Crippen molar-refractivity contribution in [2.24, 2.45) is 0 Å². The van der Waals surface area contributed by atoms with Gasteiger partial charge in [-0.3, -0.25) is 10.1 Å². The van der Waals surface area contributed by atoms with Gasteiger partial charge in [0.25, 0.3) is 0 Å². The van der Waals surface area contributed by atoms with E-state index in [9.17, 15) is 9.90 Å². The zero-order valence-corrected chi connectivity index (χ0v) is 11.9. The third-order valence-corrected chi connectivity index (χ3v) is 3.72. The summed E-state index contributed by atoms with van der Waals surface area (Å²) >= 11 is 0. The number of aliphatic carboxylic acids is 1. The van der Waals surface area contributed by atoms with Crippen molar-refractivity contribution < 1.29 is 14.6 Å². The van der Waals surface area contributed by atoms with Crippen molar-refractivity contribution in [3.8, 4) is 0 Å². The first kappa shape index (κ1) is 15.4. The van der Waals surface area contributed by atoms with Crippen molar-refractivity contribution in [3.05, 3.63) is 0 Å². The fourth-order valence-electron chi connectivity index (χ4n) is 2.73. The molecule has 0 aromatic carbocycles. The molecule has 0 aliphatic carbocycles. The zero-order valence-electron chi connectivity index (χ0n) is 11.9. The third kappa shape index (κ3) is 4.25. The standard InChI is InChI=1S/C14H27NO3/c1-4-6-12-10-11(7-9-18-12)15-14(3,8-5-2)13(16)17/h11-12,15H,4-10H2,1-3H3,(H,16,17). The number of ether oxygens (including phenoxy) is 1. The Bertz CT molecular complexity index is 268. The van der Waals surface area contributed by atoms with Crippen LogP contribution >= 0.6 is 0 Å². The minimum absolute atomic E-state index is 0.267. The summed E-state index contributed by atoms with van der Waals surface area (Å²) in [5, 5.41) is 12.7. The minimum atomic E-state index is -0.798. The Hall–Kier alpha value is -0.610. The molecule has 0 saturated carbocycles. The molecule has 1 fully saturated rings. The molecule has 1 aliphatic rings. The second kappa shape index (κ2) is 7.10. The van der Waals surface area contributed by atoms with Crippen LogP contribution in [0.1, 0.15) is 59.3 Å². The number of rotatable bonds is 7. The summed E-state index contributed by atoms with van der Waals surface area (Å²) < 4.78 is 5.70. The van der Waals surface area contributed by atoms with E-state index in [1.807, 2.05) is 6.92 Å². The normalized spacial score (nSPS) is 27.7. The molecular formula is C14H27NO3. The summed E-state index contributed by atoms with van der Waals surface area (Å²) in [5.41, 5.74) is -0.798. The van der Waals surface area contributed by atoms with E-state index in [0.717, 1.165) is 38.7 Å². The second-order valence-electron chi connectivity index (χ2n) is 5.53. The molecule has 3 unspecified atom stereocenters. The van der Waals surface area contributed by atoms with Crippen LogP contribution in [-0.2, 0) is 9.53 Å². The molecular weight excluding hydrogens is 230 g/mol. The number of carbonyl (C=O) groups is 1. The molecule has 1 heterocycles. The van der Waals surface area contributed by atoms with Crippen molar-refractivity contribution in [1.29, 1.82) is 0 Å². The highest BCUT2D eigenvalue weighted by molar-refractivity contribution is 5.78. The van der Waals surface area contributed by atoms with E-state index in [4.69, 9.17) is 4.74 Å². The smallest absolute Gasteiger partial charge is 0.323 e. The lowest BCUT2D eigenvalue weighted by Crippen LogP contribution is -2.55. The first-order valence-electron chi connectivity index (χ1n) is 7.14. The molecule has 2 N–H and O–H groups in total. The highest BCUT2D eigenvalue weighted by atomic mass is 16.5. The van der Waals surface area contributed by atoms with Gasteiger partial charge in [-0.1, -0.05) is 26.7 Å². The molecule has 1 aliphatic heterocycles. The summed E-state index contributed by atoms with van der Waals surface area (Å²) in [6.07, 6.45) is 5.85. The molecule has 0 spiro atoms. The number of hydrogen-bond acceptors (Lipinski definition) is 3. The molecule has 18 heavy (non-hydrogen) atoms. The summed E-state index contributed by atoms with van der Waals surface area (Å²) in [5.74, 6) is -0.747. The van der Waals surface area contributed by atoms with E-state index in [1.54, 1.807) is 6.92 Å². The van der Waals surface area contributed by atoms with Gasteiger partial charge >= 0.3 is 5.97 Å². The van der Waals surface area contributed by atoms with Gasteiger partial charge in [-0.25, -0.2) is 0 Å². The molecule has 0 aromatic rings. The topological polar surface area (TPSA) is 58.6 Å². The van der Waals surface area contributed by atoms with Crippen molar-refractivity contribution in [2.45, 2.75) is 77.0 Å². The van der Waals surface area contributed by atoms with E-state index in [-0.39, 0.29) is 6.04 Å². The fourth-order valence-corrected chi connectivity index (χ4v) is 2.73. The summed E-state index contributed by atoms with van der Waals surface area (Å²) in [6, 6.07) is 0.267. The molecule has 3 atom stereocenters. The lowest BCUT2D eigenvalue weighted by molar-refractivity contribution is -0.145. The van der Waals surface area contributed by atoms with E-state index >= 15 is 0 Å². The first-order chi connectivity index (χ1) is 8.51. The maximum absolute atomic E-state index is 11.4. The molecule has 0 aromatic heterocycles. The Balaban J connectivity index is 2.55. The largest absolute Gasteiger partial charge is 0.480 e. The van der Waals surface area contributed by atoms with Crippen LogP contribution < -0.4 is 5.32 Å². The average molecular weight is 257 g/mol. The van der Waals surface area contributed by atoms with Gasteiger partial charge in [0.05, 0.1) is 6.10 Å². The maximum Gasteiger partial charge on any atom is 0.323 e. The van der Waals surface area contributed by atoms with Gasteiger partial charge in [0.2, 0.25) is 0 Å². The van der Waals surface area contributed by atoms with Crippen LogP contribution in [-0.4, -0.2) is 35.4 Å². The van der Waals surface area contributed by atoms with Gasteiger partial charge in [-0.05, 0) is 32.6 Å². The molecule has 4 nitrogen and oxygen atoms in total. The number of carboxylic acids is 1. The Morgan fingerprint density at radius 3 is 2.72 bits per heavy atom. The van der Waals surface area contributed by atoms with Crippen molar-refractivity contribution in [3.63, 3.8) is 0 Å². The van der Waals surface area contributed by atoms with E-state index in [2.05, 4.69) is 12.2 Å². The van der Waals surface area contributed by atoms with Gasteiger partial charge < -0.3 is 9.84 Å². The van der Waals surface area contributed by atoms with Crippen LogP contribution in [0, 0.1) is 0 Å². The maximum atomic E-state index is 11.4.